The highest BCUT2D eigenvalue weighted by Crippen LogP contribution is 2.36. The smallest absolute Gasteiger partial charge is 0.338 e. The predicted molar refractivity (Wildman–Crippen MR) is 105 cm³/mol. The third kappa shape index (κ3) is 2.99. The maximum absolute atomic E-state index is 13.0. The third-order valence-corrected chi connectivity index (χ3v) is 5.52. The van der Waals surface area contributed by atoms with E-state index in [9.17, 15) is 14.9 Å². The molecule has 0 saturated carbocycles. The fourth-order valence-electron chi connectivity index (χ4n) is 3.20. The molecule has 1 aliphatic heterocycles. The first-order valence-electron chi connectivity index (χ1n) is 8.68. The Kier molecular flexibility index (Phi) is 4.70. The summed E-state index contributed by atoms with van der Waals surface area (Å²) < 4.78 is 17.7. The van der Waals surface area contributed by atoms with Crippen molar-refractivity contribution in [3.63, 3.8) is 0 Å². The number of hydrogen-bond acceptors (Lipinski definition) is 8. The van der Waals surface area contributed by atoms with Gasteiger partial charge in [0, 0.05) is 6.08 Å². The van der Waals surface area contributed by atoms with Crippen LogP contribution in [-0.4, -0.2) is 17.1 Å². The quantitative estimate of drug-likeness (QED) is 0.640. The fourth-order valence-corrected chi connectivity index (χ4v) is 4.34. The maximum atomic E-state index is 13.0. The number of esters is 1. The van der Waals surface area contributed by atoms with Crippen LogP contribution in [0.2, 0.25) is 0 Å². The second-order valence-corrected chi connectivity index (χ2v) is 7.10. The topological polar surface area (TPSA) is 124 Å². The van der Waals surface area contributed by atoms with Gasteiger partial charge in [-0.15, -0.1) is 11.3 Å². The van der Waals surface area contributed by atoms with E-state index in [0.717, 1.165) is 11.3 Å². The van der Waals surface area contributed by atoms with Crippen LogP contribution in [0.3, 0.4) is 0 Å². The zero-order valence-corrected chi connectivity index (χ0v) is 16.1. The van der Waals surface area contributed by atoms with Crippen LogP contribution >= 0.6 is 11.3 Å². The number of hydrogen-bond donors (Lipinski definition) is 1. The van der Waals surface area contributed by atoms with Gasteiger partial charge in [-0.2, -0.15) is 5.26 Å². The Morgan fingerprint density at radius 2 is 2.14 bits per heavy atom. The van der Waals surface area contributed by atoms with Gasteiger partial charge in [-0.25, -0.2) is 4.79 Å². The summed E-state index contributed by atoms with van der Waals surface area (Å²) in [5, 5.41) is 9.76. The van der Waals surface area contributed by atoms with Gasteiger partial charge in [0.25, 0.3) is 5.56 Å². The van der Waals surface area contributed by atoms with E-state index < -0.39 is 17.4 Å². The van der Waals surface area contributed by atoms with Gasteiger partial charge in [-0.05, 0) is 31.2 Å². The first-order chi connectivity index (χ1) is 14.1. The monoisotopic (exact) mass is 409 g/mol. The van der Waals surface area contributed by atoms with Gasteiger partial charge in [-0.1, -0.05) is 0 Å². The van der Waals surface area contributed by atoms with E-state index >= 15 is 0 Å². The van der Waals surface area contributed by atoms with Crippen molar-refractivity contribution in [3.05, 3.63) is 73.4 Å². The Bertz CT molecular complexity index is 1320. The number of nitrogens with two attached hydrogens (primary N) is 1. The molecular formula is C20H15N3O5S. The molecule has 0 spiro atoms. The zero-order valence-electron chi connectivity index (χ0n) is 15.2. The Hall–Kier alpha value is -3.77. The minimum absolute atomic E-state index is 0.0416. The molecule has 29 heavy (non-hydrogen) atoms. The molecule has 2 N–H and O–H groups in total. The summed E-state index contributed by atoms with van der Waals surface area (Å²) in [7, 11) is 0. The van der Waals surface area contributed by atoms with E-state index in [4.69, 9.17) is 19.3 Å². The predicted octanol–water partition coefficient (Wildman–Crippen LogP) is 1.09. The molecule has 4 heterocycles. The molecule has 0 aromatic carbocycles. The summed E-state index contributed by atoms with van der Waals surface area (Å²) >= 11 is 1.07. The van der Waals surface area contributed by atoms with Crippen molar-refractivity contribution in [3.8, 4) is 6.07 Å². The lowest BCUT2D eigenvalue weighted by Crippen LogP contribution is -2.40. The van der Waals surface area contributed by atoms with Gasteiger partial charge in [0.2, 0.25) is 0 Å². The molecule has 0 fully saturated rings. The lowest BCUT2D eigenvalue weighted by molar-refractivity contribution is -0.136. The van der Waals surface area contributed by atoms with Gasteiger partial charge in [0.15, 0.2) is 0 Å². The second kappa shape index (κ2) is 7.33. The lowest BCUT2D eigenvalue weighted by atomic mass is 9.88. The molecule has 1 atom stereocenters. The number of furan rings is 2. The lowest BCUT2D eigenvalue weighted by Gasteiger charge is -2.22. The van der Waals surface area contributed by atoms with Gasteiger partial charge >= 0.3 is 5.97 Å². The summed E-state index contributed by atoms with van der Waals surface area (Å²) in [4.78, 5) is 25.9. The summed E-state index contributed by atoms with van der Waals surface area (Å²) in [6, 6.07) is 8.71. The van der Waals surface area contributed by atoms with E-state index in [2.05, 4.69) is 0 Å². The highest BCUT2D eigenvalue weighted by molar-refractivity contribution is 7.07. The highest BCUT2D eigenvalue weighted by Gasteiger charge is 2.37. The highest BCUT2D eigenvalue weighted by atomic mass is 32.1. The van der Waals surface area contributed by atoms with Crippen LogP contribution in [0.25, 0.3) is 17.5 Å². The summed E-state index contributed by atoms with van der Waals surface area (Å²) in [5.41, 5.74) is 5.93. The molecule has 9 heteroatoms. The van der Waals surface area contributed by atoms with Crippen LogP contribution in [0.5, 0.6) is 0 Å². The molecule has 146 valence electrons. The molecule has 0 saturated heterocycles. The molecule has 0 amide bonds. The number of aromatic nitrogens is 1. The summed E-state index contributed by atoms with van der Waals surface area (Å²) in [6.07, 6.45) is 4.49. The molecule has 8 nitrogen and oxygen atoms in total. The number of allylic oxidation sites excluding steroid dienone is 1. The number of nitrogens with zero attached hydrogens (tertiary/aromatic N) is 2. The van der Waals surface area contributed by atoms with E-state index in [-0.39, 0.29) is 23.6 Å². The standard InChI is InChI=1S/C20H15N3O5S/c1-2-26-20(25)16-15(13-6-4-8-28-13)12(10-21)17(22)23-18(24)14(29-19(16)23)9-11-5-3-7-27-11/h3-9,15H,2,22H2,1H3/b14-9-/t15-/m1/s1. The Morgan fingerprint density at radius 1 is 1.38 bits per heavy atom. The van der Waals surface area contributed by atoms with Crippen molar-refractivity contribution in [1.82, 2.24) is 4.57 Å². The van der Waals surface area contributed by atoms with Crippen LogP contribution < -0.4 is 20.5 Å². The first-order valence-corrected chi connectivity index (χ1v) is 9.50. The summed E-state index contributed by atoms with van der Waals surface area (Å²) in [5.74, 6) is -0.726. The molecule has 1 aliphatic rings. The van der Waals surface area contributed by atoms with Gasteiger partial charge in [-0.3, -0.25) is 9.36 Å². The molecule has 3 aromatic rings. The molecule has 4 rings (SSSR count). The van der Waals surface area contributed by atoms with Crippen LogP contribution in [0.4, 0.5) is 0 Å². The average molecular weight is 409 g/mol. The number of thiazole rings is 1. The molecule has 0 radical (unpaired) electrons. The Balaban J connectivity index is 2.11. The number of ether oxygens (including phenoxy) is 1. The first kappa shape index (κ1) is 18.6. The number of fused-ring (bicyclic) bond motifs is 1. The van der Waals surface area contributed by atoms with Crippen molar-refractivity contribution < 1.29 is 18.4 Å². The molecule has 0 bridgehead atoms. The maximum Gasteiger partial charge on any atom is 0.338 e. The van der Waals surface area contributed by atoms with Gasteiger partial charge < -0.3 is 19.3 Å². The minimum Gasteiger partial charge on any atom is -0.468 e. The Labute approximate surface area is 168 Å². The molecule has 0 aliphatic carbocycles. The minimum atomic E-state index is -0.872. The van der Waals surface area contributed by atoms with Crippen molar-refractivity contribution in [2.24, 2.45) is 5.73 Å². The van der Waals surface area contributed by atoms with Crippen molar-refractivity contribution in [1.29, 1.82) is 5.26 Å². The number of carbonyl (C=O) groups is 1. The fraction of sp³-hybridized carbons (Fsp3) is 0.150. The van der Waals surface area contributed by atoms with Gasteiger partial charge in [0.05, 0.1) is 46.8 Å². The van der Waals surface area contributed by atoms with E-state index in [1.54, 1.807) is 37.3 Å². The number of rotatable bonds is 4. The SMILES string of the molecule is CCOC(=O)C1=c2s/c(=C\c3ccco3)c(=O)n2C(N)=C(C#N)[C@@H]1c1ccco1. The van der Waals surface area contributed by atoms with Crippen LogP contribution in [0.1, 0.15) is 24.4 Å². The molecule has 0 unspecified atom stereocenters. The van der Waals surface area contributed by atoms with Crippen LogP contribution in [0.15, 0.2) is 56.0 Å². The average Bonchev–Trinajstić information content (AvgIpc) is 3.45. The Morgan fingerprint density at radius 3 is 2.76 bits per heavy atom. The van der Waals surface area contributed by atoms with Crippen molar-refractivity contribution >= 4 is 34.8 Å². The third-order valence-electron chi connectivity index (χ3n) is 4.41. The molecule has 3 aromatic heterocycles. The largest absolute Gasteiger partial charge is 0.468 e. The molecular weight excluding hydrogens is 394 g/mol. The van der Waals surface area contributed by atoms with Crippen molar-refractivity contribution in [2.75, 3.05) is 6.61 Å². The van der Waals surface area contributed by atoms with Crippen LogP contribution in [-0.2, 0) is 9.53 Å². The summed E-state index contributed by atoms with van der Waals surface area (Å²) in [6.45, 7) is 1.81. The van der Waals surface area contributed by atoms with Crippen LogP contribution in [0, 0.1) is 11.3 Å². The second-order valence-electron chi connectivity index (χ2n) is 6.07. The normalized spacial score (nSPS) is 16.6. The van der Waals surface area contributed by atoms with Crippen molar-refractivity contribution in [2.45, 2.75) is 12.8 Å². The number of nitriles is 1. The number of carbonyl (C=O) groups excluding carboxylic acids is 1. The van der Waals surface area contributed by atoms with E-state index in [1.807, 2.05) is 6.07 Å². The zero-order chi connectivity index (χ0) is 20.5. The van der Waals surface area contributed by atoms with E-state index in [1.165, 1.54) is 17.1 Å². The van der Waals surface area contributed by atoms with Gasteiger partial charge in [0.1, 0.15) is 22.0 Å². The van der Waals surface area contributed by atoms with E-state index in [0.29, 0.717) is 20.7 Å².